The van der Waals surface area contributed by atoms with Gasteiger partial charge in [0, 0.05) is 37.3 Å². The van der Waals surface area contributed by atoms with E-state index in [2.05, 4.69) is 13.8 Å². The molecule has 50 heavy (non-hydrogen) atoms. The van der Waals surface area contributed by atoms with Crippen molar-refractivity contribution < 1.29 is 9.59 Å². The molecule has 0 saturated heterocycles. The van der Waals surface area contributed by atoms with Crippen molar-refractivity contribution in [2.45, 2.75) is 206 Å². The Kier molecular flexibility index (Phi) is 31.5. The maximum absolute atomic E-state index is 13.3. The lowest BCUT2D eigenvalue weighted by Gasteiger charge is -2.26. The van der Waals surface area contributed by atoms with Gasteiger partial charge in [0.05, 0.1) is 0 Å². The second-order valence-electron chi connectivity index (χ2n) is 14.9. The molecule has 1 aromatic rings. The first-order valence-corrected chi connectivity index (χ1v) is 21.7. The van der Waals surface area contributed by atoms with Crippen LogP contribution in [0, 0.1) is 0 Å². The fourth-order valence-electron chi connectivity index (χ4n) is 6.96. The fourth-order valence-corrected chi connectivity index (χ4v) is 6.96. The number of amides is 2. The summed E-state index contributed by atoms with van der Waals surface area (Å²) in [4.78, 5) is 30.5. The fraction of sp³-hybridized carbons (Fsp3) is 0.818. The van der Waals surface area contributed by atoms with Crippen molar-refractivity contribution in [3.63, 3.8) is 0 Å². The third kappa shape index (κ3) is 24.3. The second kappa shape index (κ2) is 34.2. The quantitative estimate of drug-likeness (QED) is 0.0682. The van der Waals surface area contributed by atoms with E-state index in [1.165, 1.54) is 141 Å². The maximum atomic E-state index is 13.3. The molecule has 0 fully saturated rings. The minimum Gasteiger partial charge on any atom is -0.330 e. The van der Waals surface area contributed by atoms with Gasteiger partial charge < -0.3 is 21.3 Å². The number of benzene rings is 1. The molecule has 290 valence electrons. The minimum absolute atomic E-state index is 0.174. The van der Waals surface area contributed by atoms with Crippen molar-refractivity contribution in [3.05, 3.63) is 24.3 Å². The Morgan fingerprint density at radius 3 is 0.880 bits per heavy atom. The van der Waals surface area contributed by atoms with E-state index in [1.807, 2.05) is 34.1 Å². The number of nitrogens with zero attached hydrogens (tertiary/aromatic N) is 2. The molecule has 0 aliphatic rings. The van der Waals surface area contributed by atoms with Crippen LogP contribution < -0.4 is 21.3 Å². The Bertz CT molecular complexity index is 833. The van der Waals surface area contributed by atoms with Crippen LogP contribution in [-0.4, -0.2) is 38.0 Å². The van der Waals surface area contributed by atoms with E-state index >= 15 is 0 Å². The Labute approximate surface area is 310 Å². The van der Waals surface area contributed by atoms with Crippen molar-refractivity contribution in [1.29, 1.82) is 0 Å². The standard InChI is InChI=1S/C44H82N4O2/c1-3-5-7-9-11-13-15-17-19-21-23-25-27-31-43(49)47(39-29-37-45)41-33-35-42(36-34-41)48(40-30-38-46)44(50)32-28-26-24-22-20-18-16-14-12-10-8-6-4-2/h33-36H,3-32,37-40,45-46H2,1-2H3. The molecule has 1 rings (SSSR count). The molecule has 0 aliphatic carbocycles. The predicted octanol–water partition coefficient (Wildman–Crippen LogP) is 12.0. The Balaban J connectivity index is 2.44. The van der Waals surface area contributed by atoms with Gasteiger partial charge in [-0.2, -0.15) is 0 Å². The highest BCUT2D eigenvalue weighted by molar-refractivity contribution is 5.95. The highest BCUT2D eigenvalue weighted by Crippen LogP contribution is 2.24. The van der Waals surface area contributed by atoms with Crippen LogP contribution >= 0.6 is 0 Å². The summed E-state index contributed by atoms with van der Waals surface area (Å²) in [6.07, 6.45) is 36.5. The molecule has 0 bridgehead atoms. The number of hydrogen-bond donors (Lipinski definition) is 2. The van der Waals surface area contributed by atoms with Gasteiger partial charge in [0.15, 0.2) is 0 Å². The summed E-state index contributed by atoms with van der Waals surface area (Å²) in [6.45, 7) is 6.92. The van der Waals surface area contributed by atoms with E-state index in [-0.39, 0.29) is 11.8 Å². The van der Waals surface area contributed by atoms with Gasteiger partial charge in [0.1, 0.15) is 0 Å². The van der Waals surface area contributed by atoms with Gasteiger partial charge >= 0.3 is 0 Å². The smallest absolute Gasteiger partial charge is 0.226 e. The summed E-state index contributed by atoms with van der Waals surface area (Å²) in [6, 6.07) is 8.01. The number of hydrogen-bond acceptors (Lipinski definition) is 4. The summed E-state index contributed by atoms with van der Waals surface area (Å²) >= 11 is 0. The number of anilines is 2. The normalized spacial score (nSPS) is 11.3. The van der Waals surface area contributed by atoms with Crippen molar-refractivity contribution >= 4 is 23.2 Å². The number of unbranched alkanes of at least 4 members (excludes halogenated alkanes) is 24. The molecule has 0 spiro atoms. The van der Waals surface area contributed by atoms with Crippen molar-refractivity contribution in [2.24, 2.45) is 11.5 Å². The molecule has 0 aliphatic heterocycles. The van der Waals surface area contributed by atoms with Gasteiger partial charge in [-0.3, -0.25) is 9.59 Å². The summed E-state index contributed by atoms with van der Waals surface area (Å²) in [5, 5.41) is 0. The van der Waals surface area contributed by atoms with E-state index in [0.29, 0.717) is 39.0 Å². The van der Waals surface area contributed by atoms with E-state index in [1.54, 1.807) is 0 Å². The lowest BCUT2D eigenvalue weighted by Crippen LogP contribution is -2.34. The van der Waals surface area contributed by atoms with Gasteiger partial charge in [-0.25, -0.2) is 0 Å². The van der Waals surface area contributed by atoms with E-state index in [0.717, 1.165) is 49.9 Å². The molecule has 0 unspecified atom stereocenters. The molecule has 0 radical (unpaired) electrons. The van der Waals surface area contributed by atoms with Crippen LogP contribution in [0.1, 0.15) is 206 Å². The van der Waals surface area contributed by atoms with Crippen LogP contribution in [0.4, 0.5) is 11.4 Å². The zero-order valence-electron chi connectivity index (χ0n) is 33.2. The average molecular weight is 699 g/mol. The number of carbonyl (C=O) groups excluding carboxylic acids is 2. The molecule has 0 aromatic heterocycles. The monoisotopic (exact) mass is 699 g/mol. The van der Waals surface area contributed by atoms with Crippen molar-refractivity contribution in [1.82, 2.24) is 0 Å². The third-order valence-corrected chi connectivity index (χ3v) is 10.2. The SMILES string of the molecule is CCCCCCCCCCCCCCCC(=O)N(CCCN)c1ccc(N(CCCN)C(=O)CCCCCCCCCCCCCCC)cc1. The van der Waals surface area contributed by atoms with Crippen LogP contribution in [0.15, 0.2) is 24.3 Å². The minimum atomic E-state index is 0.174. The first kappa shape index (κ1) is 46.1. The van der Waals surface area contributed by atoms with Gasteiger partial charge in [-0.05, 0) is 63.0 Å². The van der Waals surface area contributed by atoms with Crippen LogP contribution in [0.25, 0.3) is 0 Å². The van der Waals surface area contributed by atoms with E-state index in [4.69, 9.17) is 11.5 Å². The summed E-state index contributed by atoms with van der Waals surface area (Å²) < 4.78 is 0. The highest BCUT2D eigenvalue weighted by Gasteiger charge is 2.18. The molecule has 0 heterocycles. The zero-order chi connectivity index (χ0) is 36.3. The highest BCUT2D eigenvalue weighted by atomic mass is 16.2. The number of nitrogens with two attached hydrogens (primary N) is 2. The molecule has 4 N–H and O–H groups in total. The van der Waals surface area contributed by atoms with Gasteiger partial charge in [0.25, 0.3) is 0 Å². The van der Waals surface area contributed by atoms with Crippen LogP contribution in [0.2, 0.25) is 0 Å². The molecule has 2 amide bonds. The molecule has 6 heteroatoms. The number of rotatable bonds is 36. The second-order valence-corrected chi connectivity index (χ2v) is 14.9. The Morgan fingerprint density at radius 2 is 0.640 bits per heavy atom. The lowest BCUT2D eigenvalue weighted by atomic mass is 10.0. The van der Waals surface area contributed by atoms with Crippen molar-refractivity contribution in [2.75, 3.05) is 36.0 Å². The average Bonchev–Trinajstić information content (AvgIpc) is 3.13. The van der Waals surface area contributed by atoms with Crippen LogP contribution in [0.5, 0.6) is 0 Å². The summed E-state index contributed by atoms with van der Waals surface area (Å²) in [7, 11) is 0. The molecular formula is C44H82N4O2. The number of carbonyl (C=O) groups is 2. The van der Waals surface area contributed by atoms with E-state index < -0.39 is 0 Å². The van der Waals surface area contributed by atoms with E-state index in [9.17, 15) is 9.59 Å². The molecule has 6 nitrogen and oxygen atoms in total. The summed E-state index contributed by atoms with van der Waals surface area (Å²) in [5.41, 5.74) is 13.5. The predicted molar refractivity (Wildman–Crippen MR) is 219 cm³/mol. The molecule has 1 aromatic carbocycles. The zero-order valence-corrected chi connectivity index (χ0v) is 33.2. The summed E-state index contributed by atoms with van der Waals surface area (Å²) in [5.74, 6) is 0.348. The topological polar surface area (TPSA) is 92.7 Å². The van der Waals surface area contributed by atoms with Crippen LogP contribution in [0.3, 0.4) is 0 Å². The van der Waals surface area contributed by atoms with Crippen LogP contribution in [-0.2, 0) is 9.59 Å². The molecule has 0 atom stereocenters. The Hall–Kier alpha value is -1.92. The van der Waals surface area contributed by atoms with Gasteiger partial charge in [0.2, 0.25) is 11.8 Å². The third-order valence-electron chi connectivity index (χ3n) is 10.2. The lowest BCUT2D eigenvalue weighted by molar-refractivity contribution is -0.119. The van der Waals surface area contributed by atoms with Crippen molar-refractivity contribution in [3.8, 4) is 0 Å². The maximum Gasteiger partial charge on any atom is 0.226 e. The molecular weight excluding hydrogens is 617 g/mol. The first-order chi connectivity index (χ1) is 24.6. The Morgan fingerprint density at radius 1 is 0.400 bits per heavy atom. The molecule has 0 saturated carbocycles. The largest absolute Gasteiger partial charge is 0.330 e. The van der Waals surface area contributed by atoms with Gasteiger partial charge in [-0.1, -0.05) is 168 Å². The van der Waals surface area contributed by atoms with Gasteiger partial charge in [-0.15, -0.1) is 0 Å². The first-order valence-electron chi connectivity index (χ1n) is 21.7.